The number of carbonyl (C=O) groups is 2. The Kier molecular flexibility index (Phi) is 4.60. The summed E-state index contributed by atoms with van der Waals surface area (Å²) in [5.41, 5.74) is 0.614. The van der Waals surface area contributed by atoms with Gasteiger partial charge in [-0.05, 0) is 0 Å². The van der Waals surface area contributed by atoms with Gasteiger partial charge < -0.3 is 0 Å². The third kappa shape index (κ3) is 3.87. The Morgan fingerprint density at radius 2 is 1.37 bits per heavy atom. The first-order valence-electron chi connectivity index (χ1n) is 5.17. The number of nitrogens with zero attached hydrogens (tertiary/aromatic N) is 2. The average molecular weight is 323 g/mol. The van der Waals surface area contributed by atoms with Crippen molar-refractivity contribution in [3.05, 3.63) is 60.2 Å². The van der Waals surface area contributed by atoms with Crippen LogP contribution in [0.1, 0.15) is 20.7 Å². The Morgan fingerprint density at radius 3 is 1.74 bits per heavy atom. The first-order valence-corrected chi connectivity index (χ1v) is 6.57. The number of pyridine rings is 2. The molecule has 2 aromatic heterocycles. The normalized spacial score (nSPS) is 9.68. The molecule has 0 saturated heterocycles. The summed E-state index contributed by atoms with van der Waals surface area (Å²) in [6.45, 7) is 0. The van der Waals surface area contributed by atoms with Crippen molar-refractivity contribution in [3.63, 3.8) is 0 Å². The van der Waals surface area contributed by atoms with Gasteiger partial charge in [0.25, 0.3) is 0 Å². The Labute approximate surface area is 115 Å². The third-order valence-corrected chi connectivity index (χ3v) is 2.93. The topological polar surface area (TPSA) is 78.4 Å². The fourth-order valence-corrected chi connectivity index (χ4v) is 1.88. The van der Waals surface area contributed by atoms with E-state index in [9.17, 15) is 9.59 Å². The van der Waals surface area contributed by atoms with Crippen LogP contribution >= 0.6 is 0 Å². The maximum absolute atomic E-state index is 11.5. The van der Waals surface area contributed by atoms with Crippen LogP contribution in [0.25, 0.3) is 0 Å². The average Bonchev–Trinajstić information content (AvgIpc) is 2.49. The molecule has 2 heterocycles. The zero-order valence-corrected chi connectivity index (χ0v) is 11.3. The summed E-state index contributed by atoms with van der Waals surface area (Å²) in [6, 6.07) is 6.36. The summed E-state index contributed by atoms with van der Waals surface area (Å²) >= 11 is -1.03. The van der Waals surface area contributed by atoms with Gasteiger partial charge in [-0.2, -0.15) is 0 Å². The van der Waals surface area contributed by atoms with E-state index in [0.717, 1.165) is 0 Å². The predicted octanol–water partition coefficient (Wildman–Crippen LogP) is 1.02. The van der Waals surface area contributed by atoms with Crippen molar-refractivity contribution in [1.82, 2.24) is 9.97 Å². The second-order valence-electron chi connectivity index (χ2n) is 3.29. The summed E-state index contributed by atoms with van der Waals surface area (Å²) < 4.78 is 9.68. The molecule has 6 nitrogen and oxygen atoms in total. The molecule has 7 heteroatoms. The minimum absolute atomic E-state index is 0.307. The molecule has 0 aromatic carbocycles. The molecule has 0 radical (unpaired) electrons. The van der Waals surface area contributed by atoms with E-state index in [0.29, 0.717) is 11.1 Å². The zero-order chi connectivity index (χ0) is 13.5. The minimum atomic E-state index is -1.03. The monoisotopic (exact) mass is 324 g/mol. The molecule has 0 aliphatic rings. The van der Waals surface area contributed by atoms with Gasteiger partial charge in [-0.3, -0.25) is 0 Å². The molecule has 0 aliphatic heterocycles. The summed E-state index contributed by atoms with van der Waals surface area (Å²) in [6.07, 6.45) is 5.84. The first-order chi connectivity index (χ1) is 9.27. The second-order valence-corrected chi connectivity index (χ2v) is 4.28. The molecule has 0 saturated carbocycles. The van der Waals surface area contributed by atoms with Crippen molar-refractivity contribution in [3.8, 4) is 0 Å². The van der Waals surface area contributed by atoms with E-state index < -0.39 is 27.6 Å². The van der Waals surface area contributed by atoms with Crippen LogP contribution in [0.2, 0.25) is 0 Å². The van der Waals surface area contributed by atoms with Gasteiger partial charge in [0, 0.05) is 0 Å². The molecule has 0 atom stereocenters. The Bertz CT molecular complexity index is 511. The van der Waals surface area contributed by atoms with Crippen molar-refractivity contribution < 1.29 is 17.2 Å². The van der Waals surface area contributed by atoms with Gasteiger partial charge in [0.15, 0.2) is 0 Å². The standard InChI is InChI=1S/C12H8N2O4Se/c15-11(9-3-1-5-13-7-9)17-19-18-12(16)10-4-2-6-14-8-10/h1-8H. The van der Waals surface area contributed by atoms with E-state index in [1.54, 1.807) is 36.7 Å². The Hall–Kier alpha value is -2.24. The Morgan fingerprint density at radius 1 is 0.895 bits per heavy atom. The van der Waals surface area contributed by atoms with Crippen molar-refractivity contribution in [2.24, 2.45) is 0 Å². The molecule has 2 rings (SSSR count). The van der Waals surface area contributed by atoms with Crippen LogP contribution < -0.4 is 0 Å². The molecule has 0 unspecified atom stereocenters. The van der Waals surface area contributed by atoms with E-state index in [-0.39, 0.29) is 0 Å². The molecule has 19 heavy (non-hydrogen) atoms. The Balaban J connectivity index is 1.81. The van der Waals surface area contributed by atoms with E-state index in [2.05, 4.69) is 9.97 Å². The molecule has 0 fully saturated rings. The molecular weight excluding hydrogens is 315 g/mol. The third-order valence-electron chi connectivity index (χ3n) is 2.01. The molecule has 96 valence electrons. The summed E-state index contributed by atoms with van der Waals surface area (Å²) in [5.74, 6) is -1.15. The zero-order valence-electron chi connectivity index (χ0n) is 9.55. The van der Waals surface area contributed by atoms with Crippen LogP contribution in [-0.2, 0) is 7.64 Å². The molecule has 0 aliphatic carbocycles. The van der Waals surface area contributed by atoms with Gasteiger partial charge >= 0.3 is 115 Å². The SMILES string of the molecule is O=C(O[Se]OC(=O)c1cccnc1)c1cccnc1. The van der Waals surface area contributed by atoms with Crippen molar-refractivity contribution >= 4 is 27.6 Å². The molecule has 0 spiro atoms. The molecular formula is C12H8N2O4Se. The van der Waals surface area contributed by atoms with Gasteiger partial charge in [-0.1, -0.05) is 0 Å². The fraction of sp³-hybridized carbons (Fsp3) is 0. The fourth-order valence-electron chi connectivity index (χ4n) is 1.14. The van der Waals surface area contributed by atoms with Crippen LogP contribution in [0.3, 0.4) is 0 Å². The van der Waals surface area contributed by atoms with Crippen LogP contribution in [0, 0.1) is 0 Å². The molecule has 0 amide bonds. The van der Waals surface area contributed by atoms with Crippen molar-refractivity contribution in [2.45, 2.75) is 0 Å². The number of hydrogen-bond donors (Lipinski definition) is 0. The van der Waals surface area contributed by atoms with E-state index in [1.807, 2.05) is 0 Å². The maximum atomic E-state index is 11.5. The quantitative estimate of drug-likeness (QED) is 0.782. The van der Waals surface area contributed by atoms with E-state index in [4.69, 9.17) is 7.64 Å². The summed E-state index contributed by atoms with van der Waals surface area (Å²) in [7, 11) is 0. The van der Waals surface area contributed by atoms with Gasteiger partial charge in [0.05, 0.1) is 0 Å². The van der Waals surface area contributed by atoms with Crippen LogP contribution in [0.5, 0.6) is 0 Å². The second kappa shape index (κ2) is 6.63. The number of carbonyl (C=O) groups excluding carboxylic acids is 2. The molecule has 0 bridgehead atoms. The van der Waals surface area contributed by atoms with Crippen LogP contribution in [0.15, 0.2) is 49.1 Å². The van der Waals surface area contributed by atoms with Crippen molar-refractivity contribution in [2.75, 3.05) is 0 Å². The van der Waals surface area contributed by atoms with Crippen LogP contribution in [0.4, 0.5) is 0 Å². The number of aromatic nitrogens is 2. The van der Waals surface area contributed by atoms with Gasteiger partial charge in [0.2, 0.25) is 0 Å². The first kappa shape index (κ1) is 13.2. The van der Waals surface area contributed by atoms with Gasteiger partial charge in [-0.15, -0.1) is 0 Å². The van der Waals surface area contributed by atoms with Crippen LogP contribution in [-0.4, -0.2) is 37.5 Å². The van der Waals surface area contributed by atoms with Gasteiger partial charge in [-0.25, -0.2) is 0 Å². The van der Waals surface area contributed by atoms with E-state index in [1.165, 1.54) is 12.4 Å². The molecule has 0 N–H and O–H groups in total. The summed E-state index contributed by atoms with van der Waals surface area (Å²) in [5, 5.41) is 0. The number of rotatable bonds is 4. The summed E-state index contributed by atoms with van der Waals surface area (Å²) in [4.78, 5) is 30.6. The van der Waals surface area contributed by atoms with Crippen molar-refractivity contribution in [1.29, 1.82) is 0 Å². The van der Waals surface area contributed by atoms with E-state index >= 15 is 0 Å². The number of hydrogen-bond acceptors (Lipinski definition) is 6. The predicted molar refractivity (Wildman–Crippen MR) is 65.1 cm³/mol. The van der Waals surface area contributed by atoms with Gasteiger partial charge in [0.1, 0.15) is 0 Å². The molecule has 2 aromatic rings.